The number of nitrogens with zero attached hydrogens (tertiary/aromatic N) is 1. The Labute approximate surface area is 132 Å². The van der Waals surface area contributed by atoms with Gasteiger partial charge < -0.3 is 9.88 Å². The third-order valence-electron chi connectivity index (χ3n) is 4.72. The molecule has 0 aliphatic heterocycles. The van der Waals surface area contributed by atoms with Crippen LogP contribution in [0.25, 0.3) is 5.69 Å². The molecule has 1 saturated carbocycles. The quantitative estimate of drug-likeness (QED) is 0.910. The van der Waals surface area contributed by atoms with Crippen LogP contribution in [0.5, 0.6) is 0 Å². The summed E-state index contributed by atoms with van der Waals surface area (Å²) in [7, 11) is 0. The zero-order valence-corrected chi connectivity index (χ0v) is 13.6. The SMILES string of the molecule is Cc1ccccc1-n1c(C)cc(C(=O)NC2CCCC2)c1C. The van der Waals surface area contributed by atoms with Crippen molar-refractivity contribution in [3.8, 4) is 5.69 Å². The Morgan fingerprint density at radius 2 is 1.82 bits per heavy atom. The average Bonchev–Trinajstić information content (AvgIpc) is 3.08. The van der Waals surface area contributed by atoms with E-state index in [1.807, 2.05) is 25.1 Å². The summed E-state index contributed by atoms with van der Waals surface area (Å²) in [5, 5.41) is 3.19. The average molecular weight is 296 g/mol. The maximum Gasteiger partial charge on any atom is 0.253 e. The molecule has 2 aromatic rings. The summed E-state index contributed by atoms with van der Waals surface area (Å²) in [6.45, 7) is 6.20. The van der Waals surface area contributed by atoms with E-state index in [4.69, 9.17) is 0 Å². The largest absolute Gasteiger partial charge is 0.349 e. The van der Waals surface area contributed by atoms with Gasteiger partial charge in [-0.1, -0.05) is 31.0 Å². The Bertz CT molecular complexity index is 693. The Hall–Kier alpha value is -2.03. The monoisotopic (exact) mass is 296 g/mol. The highest BCUT2D eigenvalue weighted by Crippen LogP contribution is 2.24. The number of carbonyl (C=O) groups excluding carboxylic acids is 1. The molecule has 22 heavy (non-hydrogen) atoms. The smallest absolute Gasteiger partial charge is 0.253 e. The molecule has 1 amide bonds. The van der Waals surface area contributed by atoms with Crippen LogP contribution >= 0.6 is 0 Å². The van der Waals surface area contributed by atoms with Gasteiger partial charge in [0.05, 0.1) is 5.56 Å². The van der Waals surface area contributed by atoms with Crippen molar-refractivity contribution in [2.75, 3.05) is 0 Å². The van der Waals surface area contributed by atoms with Gasteiger partial charge in [-0.15, -0.1) is 0 Å². The summed E-state index contributed by atoms with van der Waals surface area (Å²) in [4.78, 5) is 12.6. The van der Waals surface area contributed by atoms with Crippen molar-refractivity contribution in [2.45, 2.75) is 52.5 Å². The Morgan fingerprint density at radius 3 is 2.50 bits per heavy atom. The molecule has 0 radical (unpaired) electrons. The minimum absolute atomic E-state index is 0.0693. The summed E-state index contributed by atoms with van der Waals surface area (Å²) < 4.78 is 2.18. The molecule has 3 rings (SSSR count). The van der Waals surface area contributed by atoms with Crippen molar-refractivity contribution in [2.24, 2.45) is 0 Å². The first-order chi connectivity index (χ1) is 10.6. The number of aryl methyl sites for hydroxylation is 2. The number of nitrogens with one attached hydrogen (secondary N) is 1. The molecule has 1 fully saturated rings. The van der Waals surface area contributed by atoms with Gasteiger partial charge in [-0.05, 0) is 51.3 Å². The summed E-state index contributed by atoms with van der Waals surface area (Å²) in [5.74, 6) is 0.0693. The van der Waals surface area contributed by atoms with E-state index in [2.05, 4.69) is 35.9 Å². The standard InChI is InChI=1S/C19H24N2O/c1-13-8-4-7-11-18(13)21-14(2)12-17(15(21)3)19(22)20-16-9-5-6-10-16/h4,7-8,11-12,16H,5-6,9-10H2,1-3H3,(H,20,22). The van der Waals surface area contributed by atoms with Crippen molar-refractivity contribution < 1.29 is 4.79 Å². The summed E-state index contributed by atoms with van der Waals surface area (Å²) in [6.07, 6.45) is 4.69. The maximum atomic E-state index is 12.6. The number of amides is 1. The number of hydrogen-bond acceptors (Lipinski definition) is 1. The molecule has 1 aliphatic carbocycles. The van der Waals surface area contributed by atoms with Gasteiger partial charge in [0.25, 0.3) is 5.91 Å². The van der Waals surface area contributed by atoms with Crippen LogP contribution in [0.3, 0.4) is 0 Å². The second kappa shape index (κ2) is 5.99. The van der Waals surface area contributed by atoms with Crippen LogP contribution in [-0.2, 0) is 0 Å². The topological polar surface area (TPSA) is 34.0 Å². The van der Waals surface area contributed by atoms with Crippen LogP contribution in [0.1, 0.15) is 53.0 Å². The molecule has 1 aromatic heterocycles. The first-order valence-electron chi connectivity index (χ1n) is 8.13. The van der Waals surface area contributed by atoms with Crippen molar-refractivity contribution in [1.29, 1.82) is 0 Å². The number of benzene rings is 1. The lowest BCUT2D eigenvalue weighted by Crippen LogP contribution is -2.32. The lowest BCUT2D eigenvalue weighted by atomic mass is 10.2. The molecular weight excluding hydrogens is 272 g/mol. The van der Waals surface area contributed by atoms with Crippen molar-refractivity contribution >= 4 is 5.91 Å². The fourth-order valence-corrected chi connectivity index (χ4v) is 3.51. The van der Waals surface area contributed by atoms with Gasteiger partial charge in [0.15, 0.2) is 0 Å². The Morgan fingerprint density at radius 1 is 1.14 bits per heavy atom. The predicted octanol–water partition coefficient (Wildman–Crippen LogP) is 4.07. The second-order valence-electron chi connectivity index (χ2n) is 6.36. The molecule has 1 N–H and O–H groups in total. The lowest BCUT2D eigenvalue weighted by molar-refractivity contribution is 0.0937. The summed E-state index contributed by atoms with van der Waals surface area (Å²) in [5.41, 5.74) is 5.28. The van der Waals surface area contributed by atoms with Crippen LogP contribution in [0.15, 0.2) is 30.3 Å². The van der Waals surface area contributed by atoms with E-state index in [0.29, 0.717) is 6.04 Å². The molecule has 0 spiro atoms. The van der Waals surface area contributed by atoms with Crippen molar-refractivity contribution in [3.63, 3.8) is 0 Å². The zero-order valence-electron chi connectivity index (χ0n) is 13.6. The molecule has 0 saturated heterocycles. The van der Waals surface area contributed by atoms with Crippen LogP contribution in [0.2, 0.25) is 0 Å². The molecule has 1 heterocycles. The predicted molar refractivity (Wildman–Crippen MR) is 89.7 cm³/mol. The molecule has 0 atom stereocenters. The van der Waals surface area contributed by atoms with E-state index in [-0.39, 0.29) is 5.91 Å². The molecular formula is C19H24N2O. The number of hydrogen-bond donors (Lipinski definition) is 1. The molecule has 3 heteroatoms. The van der Waals surface area contributed by atoms with Gasteiger partial charge in [-0.3, -0.25) is 4.79 Å². The van der Waals surface area contributed by atoms with E-state index in [1.54, 1.807) is 0 Å². The van der Waals surface area contributed by atoms with Gasteiger partial charge >= 0.3 is 0 Å². The Kier molecular flexibility index (Phi) is 4.06. The van der Waals surface area contributed by atoms with E-state index in [9.17, 15) is 4.79 Å². The van der Waals surface area contributed by atoms with Crippen LogP contribution < -0.4 is 5.32 Å². The Balaban J connectivity index is 1.93. The number of aromatic nitrogens is 1. The van der Waals surface area contributed by atoms with Crippen molar-refractivity contribution in [1.82, 2.24) is 9.88 Å². The maximum absolute atomic E-state index is 12.6. The van der Waals surface area contributed by atoms with Gasteiger partial charge in [0, 0.05) is 23.1 Å². The molecule has 116 valence electrons. The lowest BCUT2D eigenvalue weighted by Gasteiger charge is -2.14. The van der Waals surface area contributed by atoms with Gasteiger partial charge in [-0.2, -0.15) is 0 Å². The van der Waals surface area contributed by atoms with Gasteiger partial charge in [-0.25, -0.2) is 0 Å². The number of rotatable bonds is 3. The normalized spacial score (nSPS) is 15.2. The first kappa shape index (κ1) is 14.9. The molecule has 0 bridgehead atoms. The first-order valence-corrected chi connectivity index (χ1v) is 8.13. The van der Waals surface area contributed by atoms with E-state index in [0.717, 1.165) is 35.5 Å². The summed E-state index contributed by atoms with van der Waals surface area (Å²) in [6, 6.07) is 10.7. The van der Waals surface area contributed by atoms with E-state index in [1.165, 1.54) is 18.4 Å². The zero-order chi connectivity index (χ0) is 15.7. The third kappa shape index (κ3) is 2.68. The minimum Gasteiger partial charge on any atom is -0.349 e. The fraction of sp³-hybridized carbons (Fsp3) is 0.421. The highest BCUT2D eigenvalue weighted by atomic mass is 16.1. The molecule has 3 nitrogen and oxygen atoms in total. The molecule has 0 unspecified atom stereocenters. The highest BCUT2D eigenvalue weighted by molar-refractivity contribution is 5.96. The second-order valence-corrected chi connectivity index (χ2v) is 6.36. The van der Waals surface area contributed by atoms with Gasteiger partial charge in [0.2, 0.25) is 0 Å². The highest BCUT2D eigenvalue weighted by Gasteiger charge is 2.21. The molecule has 1 aliphatic rings. The number of para-hydroxylation sites is 1. The van der Waals surface area contributed by atoms with Crippen molar-refractivity contribution in [3.05, 3.63) is 52.8 Å². The fourth-order valence-electron chi connectivity index (χ4n) is 3.51. The molecule has 1 aromatic carbocycles. The van der Waals surface area contributed by atoms with E-state index < -0.39 is 0 Å². The minimum atomic E-state index is 0.0693. The number of carbonyl (C=O) groups is 1. The van der Waals surface area contributed by atoms with Crippen LogP contribution in [0, 0.1) is 20.8 Å². The van der Waals surface area contributed by atoms with Gasteiger partial charge in [0.1, 0.15) is 0 Å². The van der Waals surface area contributed by atoms with Crippen LogP contribution in [0.4, 0.5) is 0 Å². The third-order valence-corrected chi connectivity index (χ3v) is 4.72. The summed E-state index contributed by atoms with van der Waals surface area (Å²) >= 11 is 0. The van der Waals surface area contributed by atoms with Crippen LogP contribution in [-0.4, -0.2) is 16.5 Å². The van der Waals surface area contributed by atoms with E-state index >= 15 is 0 Å².